The third kappa shape index (κ3) is 27.6. The summed E-state index contributed by atoms with van der Waals surface area (Å²) in [7, 11) is 0. The maximum atomic E-state index is 13.0. The minimum Gasteiger partial charge on any atom is -0.457 e. The van der Waals surface area contributed by atoms with Crippen molar-refractivity contribution < 1.29 is 69.0 Å². The number of aliphatic hydroxyl groups excluding tert-OH is 7. The van der Waals surface area contributed by atoms with E-state index < -0.39 is 80.7 Å². The van der Waals surface area contributed by atoms with Crippen LogP contribution in [0, 0.1) is 0 Å². The number of unbranched alkanes of at least 4 members (excludes halogenated alkanes) is 24. The van der Waals surface area contributed by atoms with Crippen LogP contribution in [-0.4, -0.2) is 142 Å². The Balaban J connectivity index is 1.75. The molecule has 2 aliphatic heterocycles. The lowest BCUT2D eigenvalue weighted by molar-refractivity contribution is -0.332. The summed E-state index contributed by atoms with van der Waals surface area (Å²) < 4.78 is 34.3. The summed E-state index contributed by atoms with van der Waals surface area (Å²) in [6.45, 7) is 3.66. The number of hydrogen-bond donors (Lipinski definition) is 7. The Kier molecular flexibility index (Phi) is 36.9. The van der Waals surface area contributed by atoms with Crippen LogP contribution in [0.2, 0.25) is 0 Å². The van der Waals surface area contributed by atoms with Gasteiger partial charge in [-0.25, -0.2) is 0 Å². The number of esters is 1. The van der Waals surface area contributed by atoms with Crippen LogP contribution in [0.15, 0.2) is 24.3 Å². The second-order valence-corrected chi connectivity index (χ2v) is 18.7. The van der Waals surface area contributed by atoms with Gasteiger partial charge in [0.25, 0.3) is 0 Å². The van der Waals surface area contributed by atoms with Crippen LogP contribution < -0.4 is 0 Å². The maximum Gasteiger partial charge on any atom is 0.306 e. The minimum absolute atomic E-state index is 0.0590. The van der Waals surface area contributed by atoms with E-state index >= 15 is 0 Å². The molecule has 0 amide bonds. The van der Waals surface area contributed by atoms with E-state index in [0.29, 0.717) is 13.0 Å². The molecule has 0 spiro atoms. The highest BCUT2D eigenvalue weighted by molar-refractivity contribution is 5.69. The molecule has 0 radical (unpaired) electrons. The normalized spacial score (nSPS) is 26.4. The highest BCUT2D eigenvalue weighted by Gasteiger charge is 2.47. The van der Waals surface area contributed by atoms with E-state index in [2.05, 4.69) is 38.2 Å². The molecule has 14 heteroatoms. The molecular weight excluding hydrogens is 849 g/mol. The summed E-state index contributed by atoms with van der Waals surface area (Å²) in [6, 6.07) is 0. The van der Waals surface area contributed by atoms with Gasteiger partial charge in [0.15, 0.2) is 12.6 Å². The molecule has 7 N–H and O–H groups in total. The van der Waals surface area contributed by atoms with Crippen molar-refractivity contribution in [3.8, 4) is 0 Å². The van der Waals surface area contributed by atoms with Crippen LogP contribution in [0.4, 0.5) is 0 Å². The number of rotatable bonds is 42. The Morgan fingerprint density at radius 1 is 0.485 bits per heavy atom. The van der Waals surface area contributed by atoms with E-state index in [4.69, 9.17) is 28.4 Å². The van der Waals surface area contributed by atoms with Crippen LogP contribution in [0.25, 0.3) is 0 Å². The number of hydrogen-bond acceptors (Lipinski definition) is 14. The predicted molar refractivity (Wildman–Crippen MR) is 257 cm³/mol. The molecule has 2 rings (SSSR count). The summed E-state index contributed by atoms with van der Waals surface area (Å²) in [4.78, 5) is 13.0. The lowest BCUT2D eigenvalue weighted by atomic mass is 9.98. The Morgan fingerprint density at radius 3 is 1.41 bits per heavy atom. The fourth-order valence-corrected chi connectivity index (χ4v) is 8.33. The van der Waals surface area contributed by atoms with Crippen molar-refractivity contribution in [2.24, 2.45) is 0 Å². The zero-order chi connectivity index (χ0) is 48.0. The first kappa shape index (κ1) is 60.6. The van der Waals surface area contributed by atoms with Crippen molar-refractivity contribution in [2.75, 3.05) is 33.0 Å². The molecule has 0 saturated carbocycles. The van der Waals surface area contributed by atoms with E-state index in [0.717, 1.165) is 44.9 Å². The van der Waals surface area contributed by atoms with Gasteiger partial charge in [-0.2, -0.15) is 0 Å². The van der Waals surface area contributed by atoms with Gasteiger partial charge in [0.2, 0.25) is 0 Å². The third-order valence-corrected chi connectivity index (χ3v) is 12.7. The van der Waals surface area contributed by atoms with Gasteiger partial charge >= 0.3 is 5.97 Å². The van der Waals surface area contributed by atoms with E-state index in [1.807, 2.05) is 0 Å². The molecule has 11 unspecified atom stereocenters. The highest BCUT2D eigenvalue weighted by atomic mass is 16.7. The van der Waals surface area contributed by atoms with E-state index in [9.17, 15) is 40.5 Å². The van der Waals surface area contributed by atoms with Gasteiger partial charge in [0.05, 0.1) is 26.4 Å². The van der Waals surface area contributed by atoms with Crippen molar-refractivity contribution in [3.63, 3.8) is 0 Å². The van der Waals surface area contributed by atoms with Gasteiger partial charge in [-0.3, -0.25) is 4.79 Å². The Labute approximate surface area is 398 Å². The minimum atomic E-state index is -1.71. The van der Waals surface area contributed by atoms with Gasteiger partial charge < -0.3 is 64.2 Å². The molecule has 0 aromatic heterocycles. The molecule has 2 saturated heterocycles. The Morgan fingerprint density at radius 2 is 0.894 bits per heavy atom. The molecule has 2 fully saturated rings. The quantitative estimate of drug-likeness (QED) is 0.0175. The van der Waals surface area contributed by atoms with Crippen LogP contribution in [-0.2, 0) is 33.2 Å². The second-order valence-electron chi connectivity index (χ2n) is 18.7. The van der Waals surface area contributed by atoms with Crippen LogP contribution in [0.5, 0.6) is 0 Å². The monoisotopic (exact) mass is 945 g/mol. The van der Waals surface area contributed by atoms with Crippen LogP contribution >= 0.6 is 0 Å². The zero-order valence-corrected chi connectivity index (χ0v) is 41.2. The average Bonchev–Trinajstić information content (AvgIpc) is 3.31. The number of aliphatic hydroxyl groups is 7. The fourth-order valence-electron chi connectivity index (χ4n) is 8.33. The van der Waals surface area contributed by atoms with Crippen LogP contribution in [0.3, 0.4) is 0 Å². The lowest BCUT2D eigenvalue weighted by Gasteiger charge is -2.42. The van der Waals surface area contributed by atoms with Gasteiger partial charge in [0.1, 0.15) is 54.9 Å². The molecule has 11 atom stereocenters. The van der Waals surface area contributed by atoms with Crippen molar-refractivity contribution in [1.29, 1.82) is 0 Å². The average molecular weight is 945 g/mol. The highest BCUT2D eigenvalue weighted by Crippen LogP contribution is 2.26. The van der Waals surface area contributed by atoms with E-state index in [1.165, 1.54) is 128 Å². The smallest absolute Gasteiger partial charge is 0.306 e. The van der Waals surface area contributed by atoms with E-state index in [-0.39, 0.29) is 25.6 Å². The maximum absolute atomic E-state index is 13.0. The molecule has 14 nitrogen and oxygen atoms in total. The molecule has 388 valence electrons. The number of carbonyl (C=O) groups excluding carboxylic acids is 1. The predicted octanol–water partition coefficient (Wildman–Crippen LogP) is 8.02. The zero-order valence-electron chi connectivity index (χ0n) is 41.2. The van der Waals surface area contributed by atoms with Gasteiger partial charge in [-0.1, -0.05) is 154 Å². The number of carbonyl (C=O) groups is 1. The van der Waals surface area contributed by atoms with Crippen molar-refractivity contribution in [2.45, 2.75) is 268 Å². The Hall–Kier alpha value is -1.53. The van der Waals surface area contributed by atoms with E-state index in [1.54, 1.807) is 0 Å². The van der Waals surface area contributed by atoms with Gasteiger partial charge in [0, 0.05) is 13.0 Å². The summed E-state index contributed by atoms with van der Waals surface area (Å²) in [5.74, 6) is -0.379. The van der Waals surface area contributed by atoms with Gasteiger partial charge in [-0.15, -0.1) is 0 Å². The first-order valence-electron chi connectivity index (χ1n) is 26.4. The molecule has 2 aliphatic rings. The lowest BCUT2D eigenvalue weighted by Crippen LogP contribution is -2.61. The second kappa shape index (κ2) is 40.2. The first-order chi connectivity index (χ1) is 32.1. The summed E-state index contributed by atoms with van der Waals surface area (Å²) >= 11 is 0. The first-order valence-corrected chi connectivity index (χ1v) is 26.4. The number of ether oxygens (including phenoxy) is 6. The summed E-state index contributed by atoms with van der Waals surface area (Å²) in [6.07, 6.45) is 26.6. The number of allylic oxidation sites excluding steroid dienone is 4. The topological polar surface area (TPSA) is 214 Å². The largest absolute Gasteiger partial charge is 0.457 e. The van der Waals surface area contributed by atoms with Gasteiger partial charge in [-0.05, 0) is 64.2 Å². The molecular formula is C52H96O14. The summed E-state index contributed by atoms with van der Waals surface area (Å²) in [5, 5.41) is 72.1. The molecule has 2 heterocycles. The molecule has 0 aliphatic carbocycles. The third-order valence-electron chi connectivity index (χ3n) is 12.7. The molecule has 0 bridgehead atoms. The van der Waals surface area contributed by atoms with Crippen molar-refractivity contribution >= 4 is 5.97 Å². The van der Waals surface area contributed by atoms with Crippen molar-refractivity contribution in [3.05, 3.63) is 24.3 Å². The van der Waals surface area contributed by atoms with Crippen molar-refractivity contribution in [1.82, 2.24) is 0 Å². The standard InChI is InChI=1S/C52H96O14/c1-3-5-7-9-11-13-15-17-18-19-20-21-22-23-25-27-29-31-33-35-44(54)64-41(38-61-36-34-32-30-28-26-24-16-14-12-10-8-6-4-2)39-62-51-50(60)48(58)46(56)43(66-51)40-63-52-49(59)47(57)45(55)42(37-53)65-52/h12,14,17-18,41-43,45-53,55-60H,3-11,13,15-16,19-40H2,1-2H3/b14-12-,18-17-. The molecule has 66 heavy (non-hydrogen) atoms. The Bertz CT molecular complexity index is 1190. The SMILES string of the molecule is CCCCC/C=C\CCCCCCCCOCC(COC1OC(COC2OC(CO)C(O)C(O)C2O)C(O)C(O)C1O)OC(=O)CCCCCCCCCCC/C=C\CCCCCCCC. The fraction of sp³-hybridized carbons (Fsp3) is 0.904. The van der Waals surface area contributed by atoms with Crippen LogP contribution in [0.1, 0.15) is 200 Å². The summed E-state index contributed by atoms with van der Waals surface area (Å²) in [5.41, 5.74) is 0. The molecule has 0 aromatic rings. The molecule has 0 aromatic carbocycles.